The van der Waals surface area contributed by atoms with Gasteiger partial charge in [-0.15, -0.1) is 0 Å². The number of aromatic nitrogens is 2. The van der Waals surface area contributed by atoms with E-state index in [2.05, 4.69) is 5.10 Å². The summed E-state index contributed by atoms with van der Waals surface area (Å²) in [6.45, 7) is 4.58. The molecular weight excluding hydrogens is 252 g/mol. The molecule has 0 aliphatic carbocycles. The minimum Gasteiger partial charge on any atom is -0.394 e. The van der Waals surface area contributed by atoms with E-state index in [-0.39, 0.29) is 17.5 Å². The Morgan fingerprint density at radius 3 is 2.72 bits per heavy atom. The fourth-order valence-electron chi connectivity index (χ4n) is 2.43. The van der Waals surface area contributed by atoms with Crippen molar-refractivity contribution in [3.05, 3.63) is 5.69 Å². The van der Waals surface area contributed by atoms with Gasteiger partial charge in [-0.3, -0.25) is 0 Å². The van der Waals surface area contributed by atoms with Crippen molar-refractivity contribution in [1.29, 1.82) is 0 Å². The molecule has 1 aromatic heterocycles. The van der Waals surface area contributed by atoms with Gasteiger partial charge >= 0.3 is 0 Å². The Kier molecular flexibility index (Phi) is 3.27. The third kappa shape index (κ3) is 2.19. The predicted molar refractivity (Wildman–Crippen MR) is 72.5 cm³/mol. The molecule has 2 rings (SSSR count). The number of hydrogen-bond acceptors (Lipinski definition) is 5. The zero-order chi connectivity index (χ0) is 13.5. The van der Waals surface area contributed by atoms with Crippen LogP contribution in [0.3, 0.4) is 0 Å². The van der Waals surface area contributed by atoms with Crippen LogP contribution in [0.2, 0.25) is 0 Å². The van der Waals surface area contributed by atoms with Gasteiger partial charge in [0.15, 0.2) is 15.7 Å². The Morgan fingerprint density at radius 2 is 2.22 bits per heavy atom. The summed E-state index contributed by atoms with van der Waals surface area (Å²) in [5.74, 6) is 1.30. The summed E-state index contributed by atoms with van der Waals surface area (Å²) in [6, 6.07) is -0.00120. The summed E-state index contributed by atoms with van der Waals surface area (Å²) < 4.78 is 24.9. The SMILES string of the molecule is CCn1nc(C)c(N)c1N(C)C1CCS(=O)(=O)C1. The number of nitrogens with two attached hydrogens (primary N) is 1. The maximum absolute atomic E-state index is 11.5. The van der Waals surface area contributed by atoms with Crippen molar-refractivity contribution in [3.8, 4) is 0 Å². The third-order valence-electron chi connectivity index (χ3n) is 3.54. The highest BCUT2D eigenvalue weighted by atomic mass is 32.2. The molecule has 1 saturated heterocycles. The zero-order valence-electron chi connectivity index (χ0n) is 11.0. The minimum atomic E-state index is -2.89. The van der Waals surface area contributed by atoms with Crippen LogP contribution in [0.5, 0.6) is 0 Å². The van der Waals surface area contributed by atoms with Gasteiger partial charge in [-0.1, -0.05) is 0 Å². The second-order valence-corrected chi connectivity index (χ2v) is 7.03. The average molecular weight is 272 g/mol. The molecule has 6 nitrogen and oxygen atoms in total. The summed E-state index contributed by atoms with van der Waals surface area (Å²) >= 11 is 0. The van der Waals surface area contributed by atoms with Crippen LogP contribution in [-0.4, -0.2) is 42.8 Å². The molecule has 1 fully saturated rings. The monoisotopic (exact) mass is 272 g/mol. The van der Waals surface area contributed by atoms with E-state index < -0.39 is 9.84 Å². The molecular formula is C11H20N4O2S. The molecule has 7 heteroatoms. The van der Waals surface area contributed by atoms with Gasteiger partial charge in [0.25, 0.3) is 0 Å². The van der Waals surface area contributed by atoms with Gasteiger partial charge in [0.2, 0.25) is 0 Å². The van der Waals surface area contributed by atoms with Gasteiger partial charge in [0, 0.05) is 19.6 Å². The maximum atomic E-state index is 11.5. The van der Waals surface area contributed by atoms with Crippen molar-refractivity contribution in [2.24, 2.45) is 0 Å². The van der Waals surface area contributed by atoms with E-state index in [1.165, 1.54) is 0 Å². The fraction of sp³-hybridized carbons (Fsp3) is 0.727. The molecule has 1 unspecified atom stereocenters. The molecule has 2 N–H and O–H groups in total. The first-order valence-electron chi connectivity index (χ1n) is 6.12. The van der Waals surface area contributed by atoms with Crippen molar-refractivity contribution < 1.29 is 8.42 Å². The molecule has 1 aromatic rings. The summed E-state index contributed by atoms with van der Waals surface area (Å²) in [4.78, 5) is 1.96. The van der Waals surface area contributed by atoms with Gasteiger partial charge in [-0.25, -0.2) is 13.1 Å². The highest BCUT2D eigenvalue weighted by Gasteiger charge is 2.32. The van der Waals surface area contributed by atoms with E-state index in [0.717, 1.165) is 18.1 Å². The first-order chi connectivity index (χ1) is 8.35. The first-order valence-corrected chi connectivity index (χ1v) is 7.94. The number of sulfone groups is 1. The molecule has 0 saturated carbocycles. The Morgan fingerprint density at radius 1 is 1.56 bits per heavy atom. The standard InChI is InChI=1S/C11H20N4O2S/c1-4-15-11(10(12)8(2)13-15)14(3)9-5-6-18(16,17)7-9/h9H,4-7,12H2,1-3H3. The van der Waals surface area contributed by atoms with Gasteiger partial charge < -0.3 is 10.6 Å². The van der Waals surface area contributed by atoms with E-state index in [4.69, 9.17) is 5.73 Å². The predicted octanol–water partition coefficient (Wildman–Crippen LogP) is 0.417. The van der Waals surface area contributed by atoms with Gasteiger partial charge in [-0.05, 0) is 20.3 Å². The topological polar surface area (TPSA) is 81.2 Å². The van der Waals surface area contributed by atoms with Crippen molar-refractivity contribution in [2.45, 2.75) is 32.9 Å². The lowest BCUT2D eigenvalue weighted by Gasteiger charge is -2.26. The molecule has 18 heavy (non-hydrogen) atoms. The van der Waals surface area contributed by atoms with E-state index >= 15 is 0 Å². The van der Waals surface area contributed by atoms with Gasteiger partial charge in [0.05, 0.1) is 22.9 Å². The minimum absolute atomic E-state index is 0.00120. The van der Waals surface area contributed by atoms with Crippen LogP contribution >= 0.6 is 0 Å². The number of aryl methyl sites for hydroxylation is 2. The normalized spacial score (nSPS) is 22.3. The van der Waals surface area contributed by atoms with E-state index in [1.54, 1.807) is 0 Å². The van der Waals surface area contributed by atoms with Crippen LogP contribution in [0, 0.1) is 6.92 Å². The van der Waals surface area contributed by atoms with E-state index in [1.807, 2.05) is 30.5 Å². The molecule has 102 valence electrons. The molecule has 0 bridgehead atoms. The van der Waals surface area contributed by atoms with Crippen LogP contribution in [0.4, 0.5) is 11.5 Å². The second kappa shape index (κ2) is 4.46. The number of anilines is 2. The molecule has 0 radical (unpaired) electrons. The Balaban J connectivity index is 2.32. The Hall–Kier alpha value is -1.24. The summed E-state index contributed by atoms with van der Waals surface area (Å²) in [7, 11) is -0.993. The number of nitrogens with zero attached hydrogens (tertiary/aromatic N) is 3. The Labute approximate surface area is 108 Å². The lowest BCUT2D eigenvalue weighted by atomic mass is 10.2. The molecule has 0 spiro atoms. The van der Waals surface area contributed by atoms with Crippen LogP contribution < -0.4 is 10.6 Å². The molecule has 1 aliphatic rings. The summed E-state index contributed by atoms with van der Waals surface area (Å²) in [6.07, 6.45) is 0.659. The molecule has 0 amide bonds. The lowest BCUT2D eigenvalue weighted by molar-refractivity contribution is 0.597. The lowest BCUT2D eigenvalue weighted by Crippen LogP contribution is -2.34. The van der Waals surface area contributed by atoms with Crippen molar-refractivity contribution in [1.82, 2.24) is 9.78 Å². The maximum Gasteiger partial charge on any atom is 0.152 e. The quantitative estimate of drug-likeness (QED) is 0.862. The van der Waals surface area contributed by atoms with Crippen molar-refractivity contribution in [2.75, 3.05) is 29.2 Å². The van der Waals surface area contributed by atoms with E-state index in [9.17, 15) is 8.42 Å². The third-order valence-corrected chi connectivity index (χ3v) is 5.29. The molecule has 0 aromatic carbocycles. The van der Waals surface area contributed by atoms with E-state index in [0.29, 0.717) is 12.1 Å². The summed E-state index contributed by atoms with van der Waals surface area (Å²) in [5, 5.41) is 4.36. The molecule has 1 aliphatic heterocycles. The average Bonchev–Trinajstić information content (AvgIpc) is 2.80. The highest BCUT2D eigenvalue weighted by molar-refractivity contribution is 7.91. The Bertz CT molecular complexity index is 550. The first kappa shape index (κ1) is 13.2. The summed E-state index contributed by atoms with van der Waals surface area (Å²) in [5.41, 5.74) is 7.47. The van der Waals surface area contributed by atoms with Crippen LogP contribution in [-0.2, 0) is 16.4 Å². The number of rotatable bonds is 3. The molecule has 1 atom stereocenters. The number of nitrogen functional groups attached to an aromatic ring is 1. The molecule has 2 heterocycles. The van der Waals surface area contributed by atoms with Crippen LogP contribution in [0.1, 0.15) is 19.0 Å². The van der Waals surface area contributed by atoms with Crippen LogP contribution in [0.15, 0.2) is 0 Å². The van der Waals surface area contributed by atoms with Crippen LogP contribution in [0.25, 0.3) is 0 Å². The highest BCUT2D eigenvalue weighted by Crippen LogP contribution is 2.29. The fourth-order valence-corrected chi connectivity index (χ4v) is 4.20. The largest absolute Gasteiger partial charge is 0.394 e. The number of hydrogen-bond donors (Lipinski definition) is 1. The van der Waals surface area contributed by atoms with Gasteiger partial charge in [-0.2, -0.15) is 5.10 Å². The van der Waals surface area contributed by atoms with Crippen molar-refractivity contribution >= 4 is 21.3 Å². The smallest absolute Gasteiger partial charge is 0.152 e. The van der Waals surface area contributed by atoms with Crippen molar-refractivity contribution in [3.63, 3.8) is 0 Å². The zero-order valence-corrected chi connectivity index (χ0v) is 11.9. The van der Waals surface area contributed by atoms with Gasteiger partial charge in [0.1, 0.15) is 0 Å². The second-order valence-electron chi connectivity index (χ2n) is 4.81.